The van der Waals surface area contributed by atoms with E-state index in [4.69, 9.17) is 4.74 Å². The van der Waals surface area contributed by atoms with Crippen LogP contribution in [0.1, 0.15) is 24.4 Å². The van der Waals surface area contributed by atoms with Crippen LogP contribution in [0.2, 0.25) is 0 Å². The molecule has 110 valence electrons. The minimum atomic E-state index is 0.213. The van der Waals surface area contributed by atoms with E-state index in [1.54, 1.807) is 19.2 Å². The summed E-state index contributed by atoms with van der Waals surface area (Å²) in [6.45, 7) is 7.80. The molecule has 0 aromatic heterocycles. The zero-order valence-corrected chi connectivity index (χ0v) is 12.1. The molecule has 1 fully saturated rings. The summed E-state index contributed by atoms with van der Waals surface area (Å²) in [5.41, 5.74) is 0.952. The number of phenols is 1. The van der Waals surface area contributed by atoms with Crippen LogP contribution in [0.4, 0.5) is 0 Å². The molecule has 1 aliphatic rings. The summed E-state index contributed by atoms with van der Waals surface area (Å²) < 4.78 is 5.29. The third-order valence-corrected chi connectivity index (χ3v) is 3.83. The van der Waals surface area contributed by atoms with E-state index in [1.165, 1.54) is 0 Å². The second-order valence-electron chi connectivity index (χ2n) is 5.09. The summed E-state index contributed by atoms with van der Waals surface area (Å²) in [5.74, 6) is 1.13. The van der Waals surface area contributed by atoms with Crippen molar-refractivity contribution >= 4 is 0 Å². The van der Waals surface area contributed by atoms with Crippen molar-refractivity contribution in [3.8, 4) is 11.5 Å². The first-order chi connectivity index (χ1) is 9.76. The Bertz CT molecular complexity index is 442. The van der Waals surface area contributed by atoms with E-state index in [0.29, 0.717) is 5.75 Å². The van der Waals surface area contributed by atoms with Gasteiger partial charge in [-0.05, 0) is 31.0 Å². The Hall–Kier alpha value is -1.52. The second kappa shape index (κ2) is 7.31. The van der Waals surface area contributed by atoms with Gasteiger partial charge in [0.2, 0.25) is 0 Å². The van der Waals surface area contributed by atoms with Crippen LogP contribution in [0, 0.1) is 0 Å². The molecular weight excluding hydrogens is 252 g/mol. The number of hydrogen-bond acceptors (Lipinski definition) is 4. The van der Waals surface area contributed by atoms with E-state index in [1.807, 2.05) is 12.1 Å². The quantitative estimate of drug-likeness (QED) is 0.783. The van der Waals surface area contributed by atoms with Gasteiger partial charge in [-0.1, -0.05) is 6.08 Å². The van der Waals surface area contributed by atoms with Crippen LogP contribution in [0.15, 0.2) is 30.9 Å². The first-order valence-electron chi connectivity index (χ1n) is 7.19. The zero-order chi connectivity index (χ0) is 14.4. The Labute approximate surface area is 121 Å². The highest BCUT2D eigenvalue weighted by Gasteiger charge is 2.24. The Morgan fingerprint density at radius 2 is 2.20 bits per heavy atom. The molecule has 0 bridgehead atoms. The van der Waals surface area contributed by atoms with Crippen LogP contribution in [0.25, 0.3) is 0 Å². The van der Waals surface area contributed by atoms with Gasteiger partial charge in [0, 0.05) is 37.8 Å². The molecule has 0 aliphatic carbocycles. The van der Waals surface area contributed by atoms with Gasteiger partial charge in [0.1, 0.15) is 11.5 Å². The van der Waals surface area contributed by atoms with E-state index in [0.717, 1.165) is 50.3 Å². The molecule has 1 aliphatic heterocycles. The fraction of sp³-hybridized carbons (Fsp3) is 0.500. The summed E-state index contributed by atoms with van der Waals surface area (Å²) >= 11 is 0. The van der Waals surface area contributed by atoms with Gasteiger partial charge in [0.15, 0.2) is 0 Å². The highest BCUT2D eigenvalue weighted by molar-refractivity contribution is 5.41. The topological polar surface area (TPSA) is 44.7 Å². The lowest BCUT2D eigenvalue weighted by Gasteiger charge is -2.35. The molecular formula is C16H24N2O2. The lowest BCUT2D eigenvalue weighted by Crippen LogP contribution is -2.45. The van der Waals surface area contributed by atoms with Crippen molar-refractivity contribution in [2.75, 3.05) is 33.3 Å². The maximum atomic E-state index is 10.2. The molecule has 0 amide bonds. The number of ether oxygens (including phenoxy) is 1. The van der Waals surface area contributed by atoms with Crippen LogP contribution in [-0.4, -0.2) is 43.3 Å². The van der Waals surface area contributed by atoms with Gasteiger partial charge in [-0.15, -0.1) is 6.58 Å². The van der Waals surface area contributed by atoms with Crippen molar-refractivity contribution in [1.82, 2.24) is 10.2 Å². The van der Waals surface area contributed by atoms with Crippen LogP contribution in [0.5, 0.6) is 11.5 Å². The standard InChI is InChI=1S/C16H24N2O2/c1-3-4-5-15(18-10-8-17-9-11-18)14-12-13(20-2)6-7-16(14)19/h3,6-7,12,15,17,19H,1,4-5,8-11H2,2H3/t15-/m1/s1. The largest absolute Gasteiger partial charge is 0.508 e. The SMILES string of the molecule is C=CCC[C@H](c1cc(OC)ccc1O)N1CCNCC1. The fourth-order valence-corrected chi connectivity index (χ4v) is 2.73. The van der Waals surface area contributed by atoms with E-state index in [9.17, 15) is 5.11 Å². The second-order valence-corrected chi connectivity index (χ2v) is 5.09. The Kier molecular flexibility index (Phi) is 5.44. The van der Waals surface area contributed by atoms with Gasteiger partial charge in [-0.2, -0.15) is 0 Å². The van der Waals surface area contributed by atoms with Gasteiger partial charge < -0.3 is 15.2 Å². The molecule has 0 radical (unpaired) electrons. The summed E-state index contributed by atoms with van der Waals surface area (Å²) in [6, 6.07) is 5.68. The molecule has 0 spiro atoms. The number of piperazine rings is 1. The lowest BCUT2D eigenvalue weighted by molar-refractivity contribution is 0.163. The minimum absolute atomic E-state index is 0.213. The maximum Gasteiger partial charge on any atom is 0.120 e. The predicted octanol–water partition coefficient (Wildman–Crippen LogP) is 2.31. The van der Waals surface area contributed by atoms with Gasteiger partial charge in [0.25, 0.3) is 0 Å². The van der Waals surface area contributed by atoms with Crippen LogP contribution < -0.4 is 10.1 Å². The number of benzene rings is 1. The molecule has 0 unspecified atom stereocenters. The molecule has 1 heterocycles. The highest BCUT2D eigenvalue weighted by atomic mass is 16.5. The summed E-state index contributed by atoms with van der Waals surface area (Å²) in [4.78, 5) is 2.43. The molecule has 2 rings (SSSR count). The van der Waals surface area contributed by atoms with Crippen LogP contribution in [-0.2, 0) is 0 Å². The molecule has 1 aromatic carbocycles. The Morgan fingerprint density at radius 1 is 1.45 bits per heavy atom. The molecule has 20 heavy (non-hydrogen) atoms. The Morgan fingerprint density at radius 3 is 2.85 bits per heavy atom. The summed E-state index contributed by atoms with van der Waals surface area (Å²) in [7, 11) is 1.65. The Balaban J connectivity index is 2.26. The smallest absolute Gasteiger partial charge is 0.120 e. The molecule has 2 N–H and O–H groups in total. The molecule has 1 aromatic rings. The molecule has 4 heteroatoms. The van der Waals surface area contributed by atoms with Crippen molar-refractivity contribution < 1.29 is 9.84 Å². The maximum absolute atomic E-state index is 10.2. The predicted molar refractivity (Wildman–Crippen MR) is 81.3 cm³/mol. The van der Waals surface area contributed by atoms with E-state index in [2.05, 4.69) is 16.8 Å². The van der Waals surface area contributed by atoms with Crippen molar-refractivity contribution in [3.05, 3.63) is 36.4 Å². The molecule has 1 atom stereocenters. The number of nitrogens with one attached hydrogen (secondary N) is 1. The highest BCUT2D eigenvalue weighted by Crippen LogP contribution is 2.35. The fourth-order valence-electron chi connectivity index (χ4n) is 2.73. The van der Waals surface area contributed by atoms with E-state index < -0.39 is 0 Å². The average molecular weight is 276 g/mol. The van der Waals surface area contributed by atoms with Gasteiger partial charge in [0.05, 0.1) is 7.11 Å². The summed E-state index contributed by atoms with van der Waals surface area (Å²) in [6.07, 6.45) is 3.84. The van der Waals surface area contributed by atoms with Crippen molar-refractivity contribution in [2.45, 2.75) is 18.9 Å². The van der Waals surface area contributed by atoms with Crippen molar-refractivity contribution in [3.63, 3.8) is 0 Å². The van der Waals surface area contributed by atoms with Crippen LogP contribution in [0.3, 0.4) is 0 Å². The minimum Gasteiger partial charge on any atom is -0.508 e. The number of aromatic hydroxyl groups is 1. The van der Waals surface area contributed by atoms with Gasteiger partial charge in [-0.3, -0.25) is 4.90 Å². The zero-order valence-electron chi connectivity index (χ0n) is 12.1. The number of phenolic OH excluding ortho intramolecular Hbond substituents is 1. The lowest BCUT2D eigenvalue weighted by atomic mass is 9.98. The average Bonchev–Trinajstić information content (AvgIpc) is 2.50. The third kappa shape index (κ3) is 3.52. The molecule has 1 saturated heterocycles. The number of rotatable bonds is 6. The monoisotopic (exact) mass is 276 g/mol. The van der Waals surface area contributed by atoms with Crippen molar-refractivity contribution in [1.29, 1.82) is 0 Å². The number of hydrogen-bond donors (Lipinski definition) is 2. The first kappa shape index (κ1) is 14.9. The molecule has 0 saturated carbocycles. The van der Waals surface area contributed by atoms with Crippen LogP contribution >= 0.6 is 0 Å². The number of methoxy groups -OCH3 is 1. The number of nitrogens with zero attached hydrogens (tertiary/aromatic N) is 1. The van der Waals surface area contributed by atoms with E-state index >= 15 is 0 Å². The van der Waals surface area contributed by atoms with Gasteiger partial charge in [-0.25, -0.2) is 0 Å². The van der Waals surface area contributed by atoms with Gasteiger partial charge >= 0.3 is 0 Å². The summed E-state index contributed by atoms with van der Waals surface area (Å²) in [5, 5.41) is 13.6. The van der Waals surface area contributed by atoms with E-state index in [-0.39, 0.29) is 6.04 Å². The normalized spacial score (nSPS) is 17.6. The first-order valence-corrected chi connectivity index (χ1v) is 7.19. The molecule has 4 nitrogen and oxygen atoms in total. The number of allylic oxidation sites excluding steroid dienone is 1. The third-order valence-electron chi connectivity index (χ3n) is 3.83. The van der Waals surface area contributed by atoms with Crippen molar-refractivity contribution in [2.24, 2.45) is 0 Å².